The fourth-order valence-electron chi connectivity index (χ4n) is 2.50. The van der Waals surface area contributed by atoms with Gasteiger partial charge in [-0.05, 0) is 0 Å². The van der Waals surface area contributed by atoms with Gasteiger partial charge in [0.15, 0.2) is 5.78 Å². The first kappa shape index (κ1) is 29.1. The summed E-state index contributed by atoms with van der Waals surface area (Å²) in [5.41, 5.74) is 0.507. The molecule has 0 fully saturated rings. The lowest BCUT2D eigenvalue weighted by Gasteiger charge is -2.21. The van der Waals surface area contributed by atoms with Gasteiger partial charge < -0.3 is 30.7 Å². The molecule has 0 saturated heterocycles. The largest absolute Gasteiger partial charge is 0.480 e. The fourth-order valence-corrected chi connectivity index (χ4v) is 2.91. The van der Waals surface area contributed by atoms with Crippen molar-refractivity contribution in [3.8, 4) is 0 Å². The summed E-state index contributed by atoms with van der Waals surface area (Å²) in [5.74, 6) is -2.74. The summed E-state index contributed by atoms with van der Waals surface area (Å²) >= 11 is 8.09. The van der Waals surface area contributed by atoms with Crippen molar-refractivity contribution in [3.05, 3.63) is 35.9 Å². The number of hydrogen-bond donors (Lipinski definition) is 4. The minimum absolute atomic E-state index is 0.00265. The molecule has 186 valence electrons. The van der Waals surface area contributed by atoms with E-state index >= 15 is 0 Å². The number of thiocarbonyl (C=S) groups is 1. The number of Topliss-reactive ketones (excluding diaryl/α,β-unsaturated/α-hetero) is 1. The van der Waals surface area contributed by atoms with E-state index in [0.29, 0.717) is 5.56 Å². The second kappa shape index (κ2) is 16.7. The lowest BCUT2D eigenvalue weighted by atomic mass is 10.1. The van der Waals surface area contributed by atoms with Crippen LogP contribution in [0.3, 0.4) is 0 Å². The van der Waals surface area contributed by atoms with Crippen LogP contribution in [0.25, 0.3) is 0 Å². The molecule has 11 nitrogen and oxygen atoms in total. The third-order valence-corrected chi connectivity index (χ3v) is 4.97. The minimum atomic E-state index is -1.21. The maximum atomic E-state index is 12.3. The molecule has 1 aromatic carbocycles. The van der Waals surface area contributed by atoms with Gasteiger partial charge in [-0.15, -0.1) is 0 Å². The SMILES string of the molecule is O=C(O)CN(CCOCCNC(=O)CBr)C(=O)CNC(=O)CNC(=S)CC(=O)c1ccccc1. The van der Waals surface area contributed by atoms with Crippen LogP contribution in [-0.2, 0) is 23.9 Å². The highest BCUT2D eigenvalue weighted by Gasteiger charge is 2.17. The van der Waals surface area contributed by atoms with Gasteiger partial charge >= 0.3 is 5.97 Å². The Balaban J connectivity index is 2.33. The molecular weight excluding hydrogens is 532 g/mol. The lowest BCUT2D eigenvalue weighted by Crippen LogP contribution is -2.46. The highest BCUT2D eigenvalue weighted by molar-refractivity contribution is 9.09. The number of amides is 3. The van der Waals surface area contributed by atoms with Gasteiger partial charge in [-0.3, -0.25) is 24.0 Å². The Morgan fingerprint density at radius 1 is 0.971 bits per heavy atom. The third-order valence-electron chi connectivity index (χ3n) is 4.17. The van der Waals surface area contributed by atoms with Gasteiger partial charge in [-0.2, -0.15) is 0 Å². The van der Waals surface area contributed by atoms with Crippen LogP contribution in [0, 0.1) is 0 Å². The normalized spacial score (nSPS) is 10.1. The monoisotopic (exact) mass is 558 g/mol. The molecule has 0 aliphatic carbocycles. The Kier molecular flexibility index (Phi) is 14.3. The Bertz CT molecular complexity index is 870. The average molecular weight is 559 g/mol. The zero-order chi connectivity index (χ0) is 25.3. The number of alkyl halides is 1. The number of nitrogens with zero attached hydrogens (tertiary/aromatic N) is 1. The quantitative estimate of drug-likeness (QED) is 0.0928. The number of ether oxygens (including phenoxy) is 1. The average Bonchev–Trinajstić information content (AvgIpc) is 2.82. The van der Waals surface area contributed by atoms with E-state index < -0.39 is 30.9 Å². The maximum absolute atomic E-state index is 12.3. The van der Waals surface area contributed by atoms with E-state index in [4.69, 9.17) is 22.1 Å². The smallest absolute Gasteiger partial charge is 0.323 e. The van der Waals surface area contributed by atoms with E-state index in [0.717, 1.165) is 4.90 Å². The molecular formula is C21H27BrN4O7S. The number of benzene rings is 1. The molecule has 0 saturated carbocycles. The zero-order valence-electron chi connectivity index (χ0n) is 18.4. The van der Waals surface area contributed by atoms with Crippen LogP contribution in [0.2, 0.25) is 0 Å². The number of halogens is 1. The van der Waals surface area contributed by atoms with Gasteiger partial charge in [0.05, 0.1) is 43.0 Å². The number of carboxylic acid groups (broad SMARTS) is 1. The highest BCUT2D eigenvalue weighted by atomic mass is 79.9. The molecule has 0 aromatic heterocycles. The van der Waals surface area contributed by atoms with Crippen LogP contribution in [0.5, 0.6) is 0 Å². The van der Waals surface area contributed by atoms with Crippen molar-refractivity contribution >= 4 is 62.6 Å². The molecule has 3 amide bonds. The van der Waals surface area contributed by atoms with Crippen molar-refractivity contribution < 1.29 is 33.8 Å². The van der Waals surface area contributed by atoms with Gasteiger partial charge in [-0.1, -0.05) is 58.5 Å². The molecule has 4 N–H and O–H groups in total. The summed E-state index contributed by atoms with van der Waals surface area (Å²) in [7, 11) is 0. The third kappa shape index (κ3) is 13.0. The molecule has 0 atom stereocenters. The second-order valence-electron chi connectivity index (χ2n) is 6.82. The van der Waals surface area contributed by atoms with Crippen LogP contribution in [0.15, 0.2) is 30.3 Å². The molecule has 1 aromatic rings. The standard InChI is InChI=1S/C21H27BrN4O7S/c22-11-17(28)23-6-8-33-9-7-26(14-21(31)32)20(30)13-24-18(29)12-25-19(34)10-16(27)15-4-2-1-3-5-15/h1-5H,6-14H2,(H,23,28)(H,24,29)(H,25,34)(H,31,32). The Hall–Kier alpha value is -2.90. The molecule has 1 rings (SSSR count). The first-order valence-electron chi connectivity index (χ1n) is 10.2. The molecule has 0 aliphatic heterocycles. The van der Waals surface area contributed by atoms with Crippen LogP contribution in [0.1, 0.15) is 16.8 Å². The van der Waals surface area contributed by atoms with Crippen LogP contribution in [0.4, 0.5) is 0 Å². The number of rotatable bonds is 16. The lowest BCUT2D eigenvalue weighted by molar-refractivity contribution is -0.144. The maximum Gasteiger partial charge on any atom is 0.323 e. The van der Waals surface area contributed by atoms with Crippen molar-refractivity contribution in [3.63, 3.8) is 0 Å². The Morgan fingerprint density at radius 3 is 2.32 bits per heavy atom. The van der Waals surface area contributed by atoms with Crippen LogP contribution in [-0.4, -0.2) is 95.7 Å². The van der Waals surface area contributed by atoms with E-state index in [1.165, 1.54) is 0 Å². The van der Waals surface area contributed by atoms with Crippen LogP contribution >= 0.6 is 28.1 Å². The Morgan fingerprint density at radius 2 is 1.68 bits per heavy atom. The van der Waals surface area contributed by atoms with Crippen molar-refractivity contribution in [2.75, 3.05) is 51.3 Å². The predicted octanol–water partition coefficient (Wildman–Crippen LogP) is -0.266. The predicted molar refractivity (Wildman–Crippen MR) is 131 cm³/mol. The summed E-state index contributed by atoms with van der Waals surface area (Å²) < 4.78 is 5.29. The summed E-state index contributed by atoms with van der Waals surface area (Å²) in [6.45, 7) is -0.675. The first-order chi connectivity index (χ1) is 16.2. The topological polar surface area (TPSA) is 154 Å². The van der Waals surface area contributed by atoms with E-state index in [1.54, 1.807) is 30.3 Å². The van der Waals surface area contributed by atoms with E-state index in [1.807, 2.05) is 0 Å². The molecule has 0 bridgehead atoms. The van der Waals surface area contributed by atoms with Gasteiger partial charge in [0.1, 0.15) is 6.54 Å². The van der Waals surface area contributed by atoms with Crippen molar-refractivity contribution in [1.82, 2.24) is 20.9 Å². The van der Waals surface area contributed by atoms with Crippen molar-refractivity contribution in [2.24, 2.45) is 0 Å². The zero-order valence-corrected chi connectivity index (χ0v) is 20.8. The number of carbonyl (C=O) groups excluding carboxylic acids is 4. The summed E-state index contributed by atoms with van der Waals surface area (Å²) in [5, 5.41) is 16.8. The van der Waals surface area contributed by atoms with E-state index in [9.17, 15) is 24.0 Å². The number of carboxylic acids is 1. The van der Waals surface area contributed by atoms with Crippen LogP contribution < -0.4 is 16.0 Å². The molecule has 0 aliphatic rings. The number of carbonyl (C=O) groups is 5. The van der Waals surface area contributed by atoms with Gasteiger partial charge in [0, 0.05) is 18.7 Å². The highest BCUT2D eigenvalue weighted by Crippen LogP contribution is 2.03. The Labute approximate surface area is 210 Å². The summed E-state index contributed by atoms with van der Waals surface area (Å²) in [4.78, 5) is 59.8. The second-order valence-corrected chi connectivity index (χ2v) is 7.88. The molecule has 0 radical (unpaired) electrons. The minimum Gasteiger partial charge on any atom is -0.480 e. The van der Waals surface area contributed by atoms with Crippen molar-refractivity contribution in [1.29, 1.82) is 0 Å². The summed E-state index contributed by atoms with van der Waals surface area (Å²) in [6.07, 6.45) is -0.0578. The number of aliphatic carboxylic acids is 1. The molecule has 34 heavy (non-hydrogen) atoms. The van der Waals surface area contributed by atoms with E-state index in [-0.39, 0.29) is 61.3 Å². The van der Waals surface area contributed by atoms with Gasteiger partial charge in [-0.25, -0.2) is 0 Å². The summed E-state index contributed by atoms with van der Waals surface area (Å²) in [6, 6.07) is 8.59. The molecule has 13 heteroatoms. The molecule has 0 heterocycles. The number of ketones is 1. The van der Waals surface area contributed by atoms with Crippen molar-refractivity contribution in [2.45, 2.75) is 6.42 Å². The van der Waals surface area contributed by atoms with Gasteiger partial charge in [0.25, 0.3) is 0 Å². The first-order valence-corrected chi connectivity index (χ1v) is 11.8. The molecule has 0 unspecified atom stereocenters. The number of nitrogens with one attached hydrogen (secondary N) is 3. The fraction of sp³-hybridized carbons (Fsp3) is 0.429. The molecule has 0 spiro atoms. The number of hydrogen-bond acceptors (Lipinski definition) is 7. The van der Waals surface area contributed by atoms with E-state index in [2.05, 4.69) is 31.9 Å². The van der Waals surface area contributed by atoms with Gasteiger partial charge in [0.2, 0.25) is 17.7 Å².